The van der Waals surface area contributed by atoms with Crippen LogP contribution >= 0.6 is 0 Å². The smallest absolute Gasteiger partial charge is 0.0717 e. The predicted molar refractivity (Wildman–Crippen MR) is 95.1 cm³/mol. The van der Waals surface area contributed by atoms with Gasteiger partial charge in [-0.1, -0.05) is 66.7 Å². The van der Waals surface area contributed by atoms with E-state index in [1.165, 1.54) is 11.1 Å². The van der Waals surface area contributed by atoms with Gasteiger partial charge in [0.2, 0.25) is 0 Å². The molecule has 0 aliphatic heterocycles. The molecule has 0 heterocycles. The van der Waals surface area contributed by atoms with Crippen LogP contribution in [0.4, 0.5) is 0 Å². The van der Waals surface area contributed by atoms with Gasteiger partial charge in [-0.25, -0.2) is 0 Å². The molecule has 2 rings (SSSR count). The molecule has 122 valence electrons. The minimum absolute atomic E-state index is 0.465. The summed E-state index contributed by atoms with van der Waals surface area (Å²) in [5, 5.41) is 0. The number of allylic oxidation sites excluding steroid dienone is 1. The Morgan fingerprint density at radius 3 is 1.96 bits per heavy atom. The highest BCUT2D eigenvalue weighted by Crippen LogP contribution is 2.12. The van der Waals surface area contributed by atoms with Crippen molar-refractivity contribution in [1.82, 2.24) is 0 Å². The zero-order chi connectivity index (χ0) is 16.2. The summed E-state index contributed by atoms with van der Waals surface area (Å²) in [5.41, 5.74) is 2.43. The quantitative estimate of drug-likeness (QED) is 0.429. The molecule has 0 radical (unpaired) electrons. The van der Waals surface area contributed by atoms with Gasteiger partial charge in [0, 0.05) is 6.61 Å². The molecule has 0 bridgehead atoms. The lowest BCUT2D eigenvalue weighted by molar-refractivity contribution is 0.0591. The average Bonchev–Trinajstić information content (AvgIpc) is 2.60. The van der Waals surface area contributed by atoms with Gasteiger partial charge in [0.15, 0.2) is 0 Å². The van der Waals surface area contributed by atoms with Crippen LogP contribution in [0.25, 0.3) is 0 Å². The van der Waals surface area contributed by atoms with Gasteiger partial charge in [-0.3, -0.25) is 0 Å². The van der Waals surface area contributed by atoms with E-state index in [2.05, 4.69) is 30.8 Å². The summed E-state index contributed by atoms with van der Waals surface area (Å²) in [7, 11) is 0. The van der Waals surface area contributed by atoms with E-state index in [9.17, 15) is 0 Å². The molecule has 0 aromatic heterocycles. The second-order valence-electron chi connectivity index (χ2n) is 5.72. The van der Waals surface area contributed by atoms with Gasteiger partial charge >= 0.3 is 0 Å². The van der Waals surface area contributed by atoms with Crippen LogP contribution in [0, 0.1) is 5.92 Å². The molecule has 0 amide bonds. The Morgan fingerprint density at radius 2 is 1.39 bits per heavy atom. The highest BCUT2D eigenvalue weighted by atomic mass is 16.5. The van der Waals surface area contributed by atoms with Crippen molar-refractivity contribution in [3.63, 3.8) is 0 Å². The molecule has 1 atom stereocenters. The fourth-order valence-corrected chi connectivity index (χ4v) is 2.44. The summed E-state index contributed by atoms with van der Waals surface area (Å²) in [4.78, 5) is 0. The molecule has 0 N–H and O–H groups in total. The minimum atomic E-state index is 0.465. The van der Waals surface area contributed by atoms with Crippen molar-refractivity contribution in [1.29, 1.82) is 0 Å². The number of ether oxygens (including phenoxy) is 2. The minimum Gasteiger partial charge on any atom is -0.377 e. The third-order valence-electron chi connectivity index (χ3n) is 3.75. The first-order valence-electron chi connectivity index (χ1n) is 8.22. The molecule has 2 heteroatoms. The van der Waals surface area contributed by atoms with Gasteiger partial charge in [0.05, 0.1) is 19.8 Å². The molecule has 0 saturated carbocycles. The molecular formula is C21H26O2. The molecule has 0 fully saturated rings. The molecular weight excluding hydrogens is 284 g/mol. The Balaban J connectivity index is 1.64. The highest BCUT2D eigenvalue weighted by molar-refractivity contribution is 5.14. The summed E-state index contributed by atoms with van der Waals surface area (Å²) >= 11 is 0. The Bertz CT molecular complexity index is 536. The van der Waals surface area contributed by atoms with Crippen LogP contribution in [0.2, 0.25) is 0 Å². The maximum absolute atomic E-state index is 5.85. The SMILES string of the molecule is C=CC[C@H](CCOCc1ccccc1)COCc1ccccc1. The zero-order valence-electron chi connectivity index (χ0n) is 13.7. The molecule has 0 saturated heterocycles. The van der Waals surface area contributed by atoms with Gasteiger partial charge in [-0.05, 0) is 29.9 Å². The van der Waals surface area contributed by atoms with Crippen LogP contribution in [-0.2, 0) is 22.7 Å². The first kappa shape index (κ1) is 17.5. The molecule has 0 unspecified atom stereocenters. The van der Waals surface area contributed by atoms with Crippen molar-refractivity contribution in [2.24, 2.45) is 5.92 Å². The van der Waals surface area contributed by atoms with Crippen molar-refractivity contribution < 1.29 is 9.47 Å². The van der Waals surface area contributed by atoms with Crippen LogP contribution in [0.15, 0.2) is 73.3 Å². The molecule has 2 nitrogen and oxygen atoms in total. The Labute approximate surface area is 139 Å². The largest absolute Gasteiger partial charge is 0.377 e. The van der Waals surface area contributed by atoms with Crippen LogP contribution in [0.1, 0.15) is 24.0 Å². The topological polar surface area (TPSA) is 18.5 Å². The standard InChI is InChI=1S/C21H26O2/c1-2-9-19(17-23-18-21-12-7-4-8-13-21)14-15-22-16-20-10-5-3-6-11-20/h2-8,10-13,19H,1,9,14-18H2/t19-/m1/s1. The number of hydrogen-bond donors (Lipinski definition) is 0. The number of rotatable bonds is 11. The van der Waals surface area contributed by atoms with Crippen LogP contribution in [0.3, 0.4) is 0 Å². The lowest BCUT2D eigenvalue weighted by atomic mass is 10.0. The van der Waals surface area contributed by atoms with E-state index in [0.717, 1.165) is 26.1 Å². The van der Waals surface area contributed by atoms with E-state index in [4.69, 9.17) is 9.47 Å². The van der Waals surface area contributed by atoms with Crippen LogP contribution < -0.4 is 0 Å². The number of benzene rings is 2. The summed E-state index contributed by atoms with van der Waals surface area (Å²) in [6, 6.07) is 20.6. The van der Waals surface area contributed by atoms with Gasteiger partial charge < -0.3 is 9.47 Å². The van der Waals surface area contributed by atoms with Crippen molar-refractivity contribution in [2.45, 2.75) is 26.1 Å². The summed E-state index contributed by atoms with van der Waals surface area (Å²) in [5.74, 6) is 0.465. The third-order valence-corrected chi connectivity index (χ3v) is 3.75. The van der Waals surface area contributed by atoms with Gasteiger partial charge in [0.1, 0.15) is 0 Å². The van der Waals surface area contributed by atoms with E-state index >= 15 is 0 Å². The van der Waals surface area contributed by atoms with E-state index in [1.807, 2.05) is 42.5 Å². The van der Waals surface area contributed by atoms with Gasteiger partial charge in [0.25, 0.3) is 0 Å². The van der Waals surface area contributed by atoms with Crippen molar-refractivity contribution >= 4 is 0 Å². The second-order valence-corrected chi connectivity index (χ2v) is 5.72. The van der Waals surface area contributed by atoms with E-state index in [-0.39, 0.29) is 0 Å². The molecule has 2 aromatic carbocycles. The van der Waals surface area contributed by atoms with E-state index < -0.39 is 0 Å². The number of hydrogen-bond acceptors (Lipinski definition) is 2. The molecule has 0 aliphatic carbocycles. The second kappa shape index (κ2) is 10.8. The van der Waals surface area contributed by atoms with E-state index in [0.29, 0.717) is 19.1 Å². The first-order chi connectivity index (χ1) is 11.4. The molecule has 23 heavy (non-hydrogen) atoms. The molecule has 0 aliphatic rings. The van der Waals surface area contributed by atoms with Crippen molar-refractivity contribution in [2.75, 3.05) is 13.2 Å². The fraction of sp³-hybridized carbons (Fsp3) is 0.333. The first-order valence-corrected chi connectivity index (χ1v) is 8.22. The summed E-state index contributed by atoms with van der Waals surface area (Å²) in [6.45, 7) is 6.68. The Hall–Kier alpha value is -1.90. The lowest BCUT2D eigenvalue weighted by Gasteiger charge is -2.15. The normalized spacial score (nSPS) is 12.0. The maximum Gasteiger partial charge on any atom is 0.0717 e. The van der Waals surface area contributed by atoms with Gasteiger partial charge in [-0.2, -0.15) is 0 Å². The Kier molecular flexibility index (Phi) is 8.17. The third kappa shape index (κ3) is 7.27. The zero-order valence-corrected chi connectivity index (χ0v) is 13.7. The Morgan fingerprint density at radius 1 is 0.826 bits per heavy atom. The maximum atomic E-state index is 5.85. The predicted octanol–water partition coefficient (Wildman–Crippen LogP) is 5.00. The van der Waals surface area contributed by atoms with Gasteiger partial charge in [-0.15, -0.1) is 6.58 Å². The molecule has 0 spiro atoms. The van der Waals surface area contributed by atoms with Crippen molar-refractivity contribution in [3.05, 3.63) is 84.4 Å². The lowest BCUT2D eigenvalue weighted by Crippen LogP contribution is -2.12. The van der Waals surface area contributed by atoms with Crippen LogP contribution in [0.5, 0.6) is 0 Å². The average molecular weight is 310 g/mol. The molecule has 2 aromatic rings. The highest BCUT2D eigenvalue weighted by Gasteiger charge is 2.07. The summed E-state index contributed by atoms with van der Waals surface area (Å²) in [6.07, 6.45) is 3.92. The van der Waals surface area contributed by atoms with Crippen molar-refractivity contribution in [3.8, 4) is 0 Å². The van der Waals surface area contributed by atoms with E-state index in [1.54, 1.807) is 0 Å². The fourth-order valence-electron chi connectivity index (χ4n) is 2.44. The monoisotopic (exact) mass is 310 g/mol. The summed E-state index contributed by atoms with van der Waals surface area (Å²) < 4.78 is 11.6. The van der Waals surface area contributed by atoms with Crippen LogP contribution in [-0.4, -0.2) is 13.2 Å².